The third-order valence-electron chi connectivity index (χ3n) is 2.71. The van der Waals surface area contributed by atoms with E-state index in [2.05, 4.69) is 12.2 Å². The standard InChI is InChI=1S/C11H14FNO/c1-7-6-13-10-4-3-8(12)5-9(10)11(7)14-2/h3-5,7,11,13H,6H2,1-2H3. The van der Waals surface area contributed by atoms with Crippen molar-refractivity contribution in [3.63, 3.8) is 0 Å². The Morgan fingerprint density at radius 2 is 2.29 bits per heavy atom. The number of nitrogens with one attached hydrogen (secondary N) is 1. The van der Waals surface area contributed by atoms with Gasteiger partial charge in [0.15, 0.2) is 0 Å². The molecule has 0 spiro atoms. The molecular formula is C11H14FNO. The predicted molar refractivity (Wildman–Crippen MR) is 53.8 cm³/mol. The molecule has 1 aromatic rings. The van der Waals surface area contributed by atoms with E-state index in [-0.39, 0.29) is 11.9 Å². The summed E-state index contributed by atoms with van der Waals surface area (Å²) >= 11 is 0. The lowest BCUT2D eigenvalue weighted by Crippen LogP contribution is -2.26. The van der Waals surface area contributed by atoms with E-state index in [1.807, 2.05) is 0 Å². The van der Waals surface area contributed by atoms with Crippen LogP contribution in [0, 0.1) is 11.7 Å². The molecule has 0 amide bonds. The van der Waals surface area contributed by atoms with E-state index >= 15 is 0 Å². The Morgan fingerprint density at radius 1 is 1.50 bits per heavy atom. The van der Waals surface area contributed by atoms with Gasteiger partial charge in [0.25, 0.3) is 0 Å². The highest BCUT2D eigenvalue weighted by atomic mass is 19.1. The molecule has 1 N–H and O–H groups in total. The van der Waals surface area contributed by atoms with Crippen molar-refractivity contribution in [3.05, 3.63) is 29.6 Å². The van der Waals surface area contributed by atoms with Crippen molar-refractivity contribution in [1.82, 2.24) is 0 Å². The first-order valence-electron chi connectivity index (χ1n) is 4.78. The molecule has 2 atom stereocenters. The number of fused-ring (bicyclic) bond motifs is 1. The zero-order chi connectivity index (χ0) is 10.1. The second-order valence-corrected chi connectivity index (χ2v) is 3.75. The van der Waals surface area contributed by atoms with Gasteiger partial charge < -0.3 is 10.1 Å². The normalized spacial score (nSPS) is 25.4. The Labute approximate surface area is 83.1 Å². The number of methoxy groups -OCH3 is 1. The lowest BCUT2D eigenvalue weighted by atomic mass is 9.92. The summed E-state index contributed by atoms with van der Waals surface area (Å²) in [5.41, 5.74) is 1.91. The first kappa shape index (κ1) is 9.46. The SMILES string of the molecule is COC1c2cc(F)ccc2NCC1C. The molecule has 0 saturated heterocycles. The summed E-state index contributed by atoms with van der Waals surface area (Å²) in [7, 11) is 1.67. The van der Waals surface area contributed by atoms with Crippen molar-refractivity contribution in [3.8, 4) is 0 Å². The van der Waals surface area contributed by atoms with Crippen LogP contribution in [-0.2, 0) is 4.74 Å². The van der Waals surface area contributed by atoms with Crippen LogP contribution in [0.5, 0.6) is 0 Å². The molecule has 0 fully saturated rings. The van der Waals surface area contributed by atoms with Gasteiger partial charge in [0.1, 0.15) is 5.82 Å². The fourth-order valence-electron chi connectivity index (χ4n) is 1.97. The van der Waals surface area contributed by atoms with Gasteiger partial charge >= 0.3 is 0 Å². The van der Waals surface area contributed by atoms with Crippen LogP contribution in [-0.4, -0.2) is 13.7 Å². The van der Waals surface area contributed by atoms with Gasteiger partial charge in [-0.15, -0.1) is 0 Å². The molecule has 2 nitrogen and oxygen atoms in total. The summed E-state index contributed by atoms with van der Waals surface area (Å²) in [5.74, 6) is 0.163. The predicted octanol–water partition coefficient (Wildman–Crippen LogP) is 2.57. The molecule has 0 aliphatic carbocycles. The fraction of sp³-hybridized carbons (Fsp3) is 0.455. The molecule has 2 rings (SSSR count). The highest BCUT2D eigenvalue weighted by Crippen LogP contribution is 2.35. The van der Waals surface area contributed by atoms with E-state index in [0.29, 0.717) is 5.92 Å². The molecule has 3 heteroatoms. The maximum absolute atomic E-state index is 13.0. The number of anilines is 1. The Bertz CT molecular complexity index is 340. The van der Waals surface area contributed by atoms with Gasteiger partial charge in [-0.1, -0.05) is 6.92 Å². The summed E-state index contributed by atoms with van der Waals surface area (Å²) < 4.78 is 18.4. The number of benzene rings is 1. The van der Waals surface area contributed by atoms with E-state index < -0.39 is 0 Å². The van der Waals surface area contributed by atoms with Crippen molar-refractivity contribution in [2.24, 2.45) is 5.92 Å². The minimum Gasteiger partial charge on any atom is -0.384 e. The molecule has 0 saturated carbocycles. The zero-order valence-electron chi connectivity index (χ0n) is 8.38. The molecule has 14 heavy (non-hydrogen) atoms. The van der Waals surface area contributed by atoms with Crippen LogP contribution in [0.1, 0.15) is 18.6 Å². The molecule has 1 heterocycles. The highest BCUT2D eigenvalue weighted by Gasteiger charge is 2.26. The van der Waals surface area contributed by atoms with E-state index in [4.69, 9.17) is 4.74 Å². The Hall–Kier alpha value is -1.09. The number of hydrogen-bond donors (Lipinski definition) is 1. The summed E-state index contributed by atoms with van der Waals surface area (Å²) in [4.78, 5) is 0. The maximum atomic E-state index is 13.0. The van der Waals surface area contributed by atoms with E-state index in [1.54, 1.807) is 19.2 Å². The second kappa shape index (κ2) is 3.58. The molecule has 2 unspecified atom stereocenters. The largest absolute Gasteiger partial charge is 0.384 e. The first-order chi connectivity index (χ1) is 6.72. The molecule has 0 radical (unpaired) electrons. The maximum Gasteiger partial charge on any atom is 0.123 e. The lowest BCUT2D eigenvalue weighted by Gasteiger charge is -2.31. The average molecular weight is 195 g/mol. The fourth-order valence-corrected chi connectivity index (χ4v) is 1.97. The van der Waals surface area contributed by atoms with E-state index in [1.165, 1.54) is 6.07 Å². The van der Waals surface area contributed by atoms with Crippen molar-refractivity contribution < 1.29 is 9.13 Å². The van der Waals surface area contributed by atoms with Crippen molar-refractivity contribution in [1.29, 1.82) is 0 Å². The van der Waals surface area contributed by atoms with Gasteiger partial charge in [0.05, 0.1) is 6.10 Å². The molecule has 1 aliphatic rings. The van der Waals surface area contributed by atoms with Gasteiger partial charge in [-0.2, -0.15) is 0 Å². The Balaban J connectivity index is 2.43. The van der Waals surface area contributed by atoms with Gasteiger partial charge in [-0.05, 0) is 18.2 Å². The number of rotatable bonds is 1. The van der Waals surface area contributed by atoms with Gasteiger partial charge in [-0.25, -0.2) is 4.39 Å². The average Bonchev–Trinajstić information content (AvgIpc) is 2.17. The van der Waals surface area contributed by atoms with Crippen LogP contribution < -0.4 is 5.32 Å². The molecular weight excluding hydrogens is 181 g/mol. The Kier molecular flexibility index (Phi) is 2.42. The van der Waals surface area contributed by atoms with Crippen LogP contribution in [0.4, 0.5) is 10.1 Å². The minimum atomic E-state index is -0.207. The van der Waals surface area contributed by atoms with Crippen LogP contribution in [0.3, 0.4) is 0 Å². The second-order valence-electron chi connectivity index (χ2n) is 3.75. The molecule has 1 aliphatic heterocycles. The minimum absolute atomic E-state index is 0.00181. The highest BCUT2D eigenvalue weighted by molar-refractivity contribution is 5.54. The summed E-state index contributed by atoms with van der Waals surface area (Å²) in [6.07, 6.45) is 0.00181. The number of halogens is 1. The van der Waals surface area contributed by atoms with E-state index in [0.717, 1.165) is 17.8 Å². The summed E-state index contributed by atoms with van der Waals surface area (Å²) in [6, 6.07) is 4.78. The topological polar surface area (TPSA) is 21.3 Å². The number of hydrogen-bond acceptors (Lipinski definition) is 2. The summed E-state index contributed by atoms with van der Waals surface area (Å²) in [5, 5.41) is 3.26. The monoisotopic (exact) mass is 195 g/mol. The van der Waals surface area contributed by atoms with E-state index in [9.17, 15) is 4.39 Å². The lowest BCUT2D eigenvalue weighted by molar-refractivity contribution is 0.0594. The third-order valence-corrected chi connectivity index (χ3v) is 2.71. The Morgan fingerprint density at radius 3 is 3.00 bits per heavy atom. The van der Waals surface area contributed by atoms with Crippen molar-refractivity contribution in [2.75, 3.05) is 19.0 Å². The van der Waals surface area contributed by atoms with Gasteiger partial charge in [0, 0.05) is 30.8 Å². The molecule has 0 aromatic heterocycles. The van der Waals surface area contributed by atoms with Crippen molar-refractivity contribution >= 4 is 5.69 Å². The van der Waals surface area contributed by atoms with Crippen LogP contribution in [0.2, 0.25) is 0 Å². The third kappa shape index (κ3) is 1.48. The molecule has 0 bridgehead atoms. The molecule has 1 aromatic carbocycles. The summed E-state index contributed by atoms with van der Waals surface area (Å²) in [6.45, 7) is 2.96. The zero-order valence-corrected chi connectivity index (χ0v) is 8.38. The number of ether oxygens (including phenoxy) is 1. The first-order valence-corrected chi connectivity index (χ1v) is 4.78. The van der Waals surface area contributed by atoms with Gasteiger partial charge in [0.2, 0.25) is 0 Å². The van der Waals surface area contributed by atoms with Gasteiger partial charge in [-0.3, -0.25) is 0 Å². The van der Waals surface area contributed by atoms with Crippen molar-refractivity contribution in [2.45, 2.75) is 13.0 Å². The smallest absolute Gasteiger partial charge is 0.123 e. The van der Waals surface area contributed by atoms with Crippen LogP contribution >= 0.6 is 0 Å². The van der Waals surface area contributed by atoms with Crippen LogP contribution in [0.25, 0.3) is 0 Å². The molecule has 76 valence electrons. The quantitative estimate of drug-likeness (QED) is 0.743. The van der Waals surface area contributed by atoms with Crippen LogP contribution in [0.15, 0.2) is 18.2 Å².